The third kappa shape index (κ3) is 6.84. The summed E-state index contributed by atoms with van der Waals surface area (Å²) in [6, 6.07) is 10.3. The summed E-state index contributed by atoms with van der Waals surface area (Å²) in [5, 5.41) is 15.5. The average Bonchev–Trinajstić information content (AvgIpc) is 3.72. The van der Waals surface area contributed by atoms with Crippen LogP contribution >= 0.6 is 0 Å². The van der Waals surface area contributed by atoms with E-state index in [0.29, 0.717) is 52.2 Å². The highest BCUT2D eigenvalue weighted by Gasteiger charge is 2.45. The van der Waals surface area contributed by atoms with Crippen LogP contribution in [0.15, 0.2) is 61.2 Å². The molecule has 0 bridgehead atoms. The van der Waals surface area contributed by atoms with Gasteiger partial charge in [-0.05, 0) is 87.1 Å². The molecule has 1 unspecified atom stereocenters. The average molecular weight is 785 g/mol. The number of aromatic nitrogens is 5. The van der Waals surface area contributed by atoms with E-state index in [9.17, 15) is 24.0 Å². The number of hydrogen-bond donors (Lipinski definition) is 2. The summed E-state index contributed by atoms with van der Waals surface area (Å²) in [5.74, 6) is -0.677. The van der Waals surface area contributed by atoms with Crippen molar-refractivity contribution in [2.24, 2.45) is 11.8 Å². The molecule has 58 heavy (non-hydrogen) atoms. The Hall–Kier alpha value is -6.16. The van der Waals surface area contributed by atoms with Crippen LogP contribution in [-0.4, -0.2) is 109 Å². The molecule has 7 heterocycles. The van der Waals surface area contributed by atoms with Gasteiger partial charge in [0.15, 0.2) is 5.65 Å². The number of benzene rings is 2. The van der Waals surface area contributed by atoms with Gasteiger partial charge in [-0.15, -0.1) is 0 Å². The standard InChI is InChI=1S/C42H44N10O6/c53-37-9-8-35(40(55)46-37)52-41(56)30-7-6-29(18-31(30)42(52)57)49-13-1-3-26(22-49)21-48-15-10-28(11-16-48)51-23-27-17-34(36(19-33(27)47-51)58-24-25-4-5-25)45-39(54)32-20-44-50-14-2-12-43-38(32)50/h2,6-7,12,14,17-20,23,25-26,28,35H,1,3-5,8-11,13,15-16,21-22,24H2,(H,45,54)(H,46,53,55)/t26-,35?/m0/s1. The second-order valence-electron chi connectivity index (χ2n) is 16.3. The molecule has 4 fully saturated rings. The number of hydrogen-bond acceptors (Lipinski definition) is 11. The zero-order chi connectivity index (χ0) is 39.5. The smallest absolute Gasteiger partial charge is 0.262 e. The number of amides is 5. The largest absolute Gasteiger partial charge is 0.491 e. The number of nitrogens with one attached hydrogen (secondary N) is 2. The van der Waals surface area contributed by atoms with Crippen molar-refractivity contribution in [2.75, 3.05) is 49.5 Å². The lowest BCUT2D eigenvalue weighted by Gasteiger charge is -2.39. The number of fused-ring (bicyclic) bond motifs is 3. The van der Waals surface area contributed by atoms with E-state index in [1.165, 1.54) is 6.20 Å². The summed E-state index contributed by atoms with van der Waals surface area (Å²) >= 11 is 0. The molecule has 4 aliphatic heterocycles. The van der Waals surface area contributed by atoms with Crippen LogP contribution in [-0.2, 0) is 9.59 Å². The lowest BCUT2D eigenvalue weighted by Crippen LogP contribution is -2.54. The summed E-state index contributed by atoms with van der Waals surface area (Å²) in [6.07, 6.45) is 13.6. The van der Waals surface area contributed by atoms with Gasteiger partial charge in [0.1, 0.15) is 17.4 Å². The Balaban J connectivity index is 0.778. The minimum Gasteiger partial charge on any atom is -0.491 e. The van der Waals surface area contributed by atoms with Crippen LogP contribution in [0.5, 0.6) is 5.75 Å². The number of nitrogens with zero attached hydrogens (tertiary/aromatic N) is 8. The second kappa shape index (κ2) is 14.7. The van der Waals surface area contributed by atoms with Crippen LogP contribution in [0.1, 0.15) is 88.5 Å². The molecule has 1 aliphatic carbocycles. The molecule has 2 aromatic carbocycles. The fourth-order valence-corrected chi connectivity index (χ4v) is 8.98. The molecule has 5 aromatic rings. The van der Waals surface area contributed by atoms with E-state index < -0.39 is 29.7 Å². The zero-order valence-corrected chi connectivity index (χ0v) is 32.0. The highest BCUT2D eigenvalue weighted by atomic mass is 16.5. The van der Waals surface area contributed by atoms with E-state index in [2.05, 4.69) is 41.4 Å². The van der Waals surface area contributed by atoms with Crippen molar-refractivity contribution in [3.8, 4) is 5.75 Å². The fraction of sp³-hybridized carbons (Fsp3) is 0.429. The summed E-state index contributed by atoms with van der Waals surface area (Å²) < 4.78 is 9.91. The van der Waals surface area contributed by atoms with Crippen LogP contribution in [0.3, 0.4) is 0 Å². The molecule has 3 aromatic heterocycles. The Morgan fingerprint density at radius 2 is 1.78 bits per heavy atom. The molecule has 10 rings (SSSR count). The first-order valence-electron chi connectivity index (χ1n) is 20.3. The van der Waals surface area contributed by atoms with Gasteiger partial charge in [0.05, 0.1) is 41.2 Å². The summed E-state index contributed by atoms with van der Waals surface area (Å²) in [5.41, 5.74) is 3.80. The maximum atomic E-state index is 13.5. The van der Waals surface area contributed by atoms with Crippen molar-refractivity contribution in [2.45, 2.75) is 63.5 Å². The van der Waals surface area contributed by atoms with Crippen molar-refractivity contribution in [1.82, 2.24) is 39.5 Å². The molecule has 5 aliphatic rings. The third-order valence-electron chi connectivity index (χ3n) is 12.3. The summed E-state index contributed by atoms with van der Waals surface area (Å²) in [4.78, 5) is 74.5. The van der Waals surface area contributed by atoms with Crippen LogP contribution in [0.4, 0.5) is 11.4 Å². The van der Waals surface area contributed by atoms with Gasteiger partial charge in [-0.2, -0.15) is 10.2 Å². The topological polar surface area (TPSA) is 176 Å². The highest BCUT2D eigenvalue weighted by molar-refractivity contribution is 6.23. The molecule has 2 N–H and O–H groups in total. The van der Waals surface area contributed by atoms with Crippen LogP contribution in [0.2, 0.25) is 0 Å². The number of rotatable bonds is 10. The van der Waals surface area contributed by atoms with Gasteiger partial charge < -0.3 is 19.9 Å². The molecule has 3 saturated heterocycles. The lowest BCUT2D eigenvalue weighted by molar-refractivity contribution is -0.136. The third-order valence-corrected chi connectivity index (χ3v) is 12.3. The molecule has 16 heteroatoms. The normalized spacial score (nSPS) is 21.9. The number of carbonyl (C=O) groups excluding carboxylic acids is 5. The number of imide groups is 2. The van der Waals surface area contributed by atoms with Gasteiger partial charge in [0.2, 0.25) is 11.8 Å². The summed E-state index contributed by atoms with van der Waals surface area (Å²) in [6.45, 7) is 5.19. The molecule has 298 valence electrons. The molecule has 0 spiro atoms. The number of piperidine rings is 3. The van der Waals surface area contributed by atoms with Gasteiger partial charge in [-0.1, -0.05) is 0 Å². The monoisotopic (exact) mass is 784 g/mol. The highest BCUT2D eigenvalue weighted by Crippen LogP contribution is 2.36. The van der Waals surface area contributed by atoms with Crippen molar-refractivity contribution in [3.63, 3.8) is 0 Å². The van der Waals surface area contributed by atoms with Gasteiger partial charge >= 0.3 is 0 Å². The maximum absolute atomic E-state index is 13.5. The Labute approximate surface area is 333 Å². The van der Waals surface area contributed by atoms with E-state index in [0.717, 1.165) is 92.7 Å². The number of likely N-dealkylation sites (tertiary alicyclic amines) is 1. The minimum atomic E-state index is -0.978. The first-order valence-corrected chi connectivity index (χ1v) is 20.3. The molecule has 0 radical (unpaired) electrons. The molecule has 1 saturated carbocycles. The van der Waals surface area contributed by atoms with Crippen molar-refractivity contribution in [1.29, 1.82) is 0 Å². The molecule has 2 atom stereocenters. The molecule has 16 nitrogen and oxygen atoms in total. The number of anilines is 2. The first kappa shape index (κ1) is 36.2. The van der Waals surface area contributed by atoms with E-state index in [-0.39, 0.29) is 24.8 Å². The predicted molar refractivity (Wildman–Crippen MR) is 212 cm³/mol. The Bertz CT molecular complexity index is 2480. The molecule has 5 amide bonds. The van der Waals surface area contributed by atoms with Crippen molar-refractivity contribution < 1.29 is 28.7 Å². The van der Waals surface area contributed by atoms with Crippen LogP contribution < -0.4 is 20.3 Å². The zero-order valence-electron chi connectivity index (χ0n) is 32.0. The van der Waals surface area contributed by atoms with Crippen molar-refractivity contribution in [3.05, 3.63) is 77.9 Å². The van der Waals surface area contributed by atoms with E-state index in [4.69, 9.17) is 9.84 Å². The van der Waals surface area contributed by atoms with Crippen LogP contribution in [0, 0.1) is 11.8 Å². The van der Waals surface area contributed by atoms with Gasteiger partial charge in [-0.3, -0.25) is 38.9 Å². The maximum Gasteiger partial charge on any atom is 0.262 e. The van der Waals surface area contributed by atoms with Gasteiger partial charge in [0, 0.05) is 74.9 Å². The Morgan fingerprint density at radius 1 is 0.931 bits per heavy atom. The lowest BCUT2D eigenvalue weighted by atomic mass is 9.95. The van der Waals surface area contributed by atoms with E-state index in [1.807, 2.05) is 18.2 Å². The van der Waals surface area contributed by atoms with E-state index in [1.54, 1.807) is 35.1 Å². The van der Waals surface area contributed by atoms with Crippen molar-refractivity contribution >= 4 is 57.5 Å². The first-order chi connectivity index (χ1) is 28.3. The molecular weight excluding hydrogens is 741 g/mol. The predicted octanol–water partition coefficient (Wildman–Crippen LogP) is 4.07. The number of ether oxygens (including phenoxy) is 1. The van der Waals surface area contributed by atoms with Gasteiger partial charge in [0.25, 0.3) is 17.7 Å². The number of carbonyl (C=O) groups is 5. The molecular formula is C42H44N10O6. The Kier molecular flexibility index (Phi) is 9.14. The summed E-state index contributed by atoms with van der Waals surface area (Å²) in [7, 11) is 0. The van der Waals surface area contributed by atoms with E-state index >= 15 is 0 Å². The fourth-order valence-electron chi connectivity index (χ4n) is 8.98. The SMILES string of the molecule is O=C1CCC(N2C(=O)c3ccc(N4CCC[C@@H](CN5CCC(n6cc7cc(NC(=O)c8cnn9cccnc89)c(OCC8CC8)cc7n6)CC5)C4)cc3C2=O)C(=O)N1. The Morgan fingerprint density at radius 3 is 2.60 bits per heavy atom. The van der Waals surface area contributed by atoms with Crippen LogP contribution in [0.25, 0.3) is 16.6 Å². The second-order valence-corrected chi connectivity index (χ2v) is 16.3. The quantitative estimate of drug-likeness (QED) is 0.195. The van der Waals surface area contributed by atoms with Gasteiger partial charge in [-0.25, -0.2) is 9.50 Å². The minimum absolute atomic E-state index is 0.0905.